The molecule has 17 heavy (non-hydrogen) atoms. The molecule has 4 heteroatoms. The third-order valence-corrected chi connectivity index (χ3v) is 3.11. The Kier molecular flexibility index (Phi) is 3.74. The molecule has 0 aromatic heterocycles. The summed E-state index contributed by atoms with van der Waals surface area (Å²) in [6.45, 7) is 3.73. The number of halogens is 1. The first-order valence-electron chi connectivity index (χ1n) is 5.92. The van der Waals surface area contributed by atoms with Crippen LogP contribution >= 0.6 is 0 Å². The first-order valence-corrected chi connectivity index (χ1v) is 5.92. The molecule has 1 saturated heterocycles. The average molecular weight is 236 g/mol. The van der Waals surface area contributed by atoms with E-state index in [4.69, 9.17) is 0 Å². The Morgan fingerprint density at radius 2 is 2.41 bits per heavy atom. The van der Waals surface area contributed by atoms with Gasteiger partial charge in [-0.1, -0.05) is 6.07 Å². The Labute approximate surface area is 100 Å². The number of rotatable bonds is 3. The van der Waals surface area contributed by atoms with Crippen LogP contribution in [0, 0.1) is 18.7 Å². The molecule has 2 rings (SSSR count). The van der Waals surface area contributed by atoms with Crippen LogP contribution in [0.2, 0.25) is 0 Å². The minimum atomic E-state index is -0.326. The van der Waals surface area contributed by atoms with Crippen molar-refractivity contribution in [2.24, 2.45) is 5.92 Å². The highest BCUT2D eigenvalue weighted by Crippen LogP contribution is 2.18. The zero-order valence-corrected chi connectivity index (χ0v) is 9.92. The largest absolute Gasteiger partial charge is 0.326 e. The normalized spacial score (nSPS) is 19.3. The maximum absolute atomic E-state index is 13.0. The zero-order valence-electron chi connectivity index (χ0n) is 9.92. The van der Waals surface area contributed by atoms with Crippen LogP contribution in [0.4, 0.5) is 10.1 Å². The molecule has 3 nitrogen and oxygen atoms in total. The number of anilines is 1. The summed E-state index contributed by atoms with van der Waals surface area (Å²) in [5.41, 5.74) is 1.45. The molecule has 0 radical (unpaired) electrons. The van der Waals surface area contributed by atoms with Gasteiger partial charge in [0.05, 0.1) is 0 Å². The molecule has 1 aromatic carbocycles. The van der Waals surface area contributed by atoms with Crippen LogP contribution in [0.5, 0.6) is 0 Å². The van der Waals surface area contributed by atoms with Gasteiger partial charge in [0.25, 0.3) is 0 Å². The van der Waals surface area contributed by atoms with Gasteiger partial charge in [0.2, 0.25) is 5.91 Å². The SMILES string of the molecule is Cc1ccc(F)cc1NC(=O)CC1CCNC1. The second kappa shape index (κ2) is 5.27. The number of nitrogens with one attached hydrogen (secondary N) is 2. The first-order chi connectivity index (χ1) is 8.15. The van der Waals surface area contributed by atoms with Gasteiger partial charge in [-0.15, -0.1) is 0 Å². The third-order valence-electron chi connectivity index (χ3n) is 3.11. The van der Waals surface area contributed by atoms with E-state index in [9.17, 15) is 9.18 Å². The van der Waals surface area contributed by atoms with Crippen molar-refractivity contribution in [2.75, 3.05) is 18.4 Å². The molecule has 1 amide bonds. The summed E-state index contributed by atoms with van der Waals surface area (Å²) < 4.78 is 13.0. The molecule has 1 aliphatic heterocycles. The van der Waals surface area contributed by atoms with Crippen molar-refractivity contribution in [3.8, 4) is 0 Å². The van der Waals surface area contributed by atoms with Crippen molar-refractivity contribution in [3.63, 3.8) is 0 Å². The zero-order chi connectivity index (χ0) is 12.3. The highest BCUT2D eigenvalue weighted by molar-refractivity contribution is 5.91. The second-order valence-corrected chi connectivity index (χ2v) is 4.57. The first kappa shape index (κ1) is 12.0. The minimum Gasteiger partial charge on any atom is -0.326 e. The summed E-state index contributed by atoms with van der Waals surface area (Å²) in [6, 6.07) is 4.42. The molecule has 0 spiro atoms. The fourth-order valence-electron chi connectivity index (χ4n) is 2.08. The van der Waals surface area contributed by atoms with Gasteiger partial charge in [-0.25, -0.2) is 4.39 Å². The predicted molar refractivity (Wildman–Crippen MR) is 65.4 cm³/mol. The van der Waals surface area contributed by atoms with E-state index < -0.39 is 0 Å². The van der Waals surface area contributed by atoms with Gasteiger partial charge < -0.3 is 10.6 Å². The molecule has 2 N–H and O–H groups in total. The van der Waals surface area contributed by atoms with Gasteiger partial charge in [-0.2, -0.15) is 0 Å². The van der Waals surface area contributed by atoms with Crippen molar-refractivity contribution in [3.05, 3.63) is 29.6 Å². The Bertz CT molecular complexity index is 414. The molecule has 1 fully saturated rings. The lowest BCUT2D eigenvalue weighted by Crippen LogP contribution is -2.18. The Morgan fingerprint density at radius 1 is 1.59 bits per heavy atom. The van der Waals surface area contributed by atoms with Crippen molar-refractivity contribution in [2.45, 2.75) is 19.8 Å². The summed E-state index contributed by atoms with van der Waals surface area (Å²) in [5, 5.41) is 5.99. The monoisotopic (exact) mass is 236 g/mol. The Balaban J connectivity index is 1.95. The lowest BCUT2D eigenvalue weighted by atomic mass is 10.0. The van der Waals surface area contributed by atoms with Gasteiger partial charge in [0, 0.05) is 12.1 Å². The van der Waals surface area contributed by atoms with Crippen LogP contribution in [0.3, 0.4) is 0 Å². The summed E-state index contributed by atoms with van der Waals surface area (Å²) in [5.74, 6) is 0.0460. The lowest BCUT2D eigenvalue weighted by Gasteiger charge is -2.11. The number of aryl methyl sites for hydroxylation is 1. The molecule has 0 aliphatic carbocycles. The van der Waals surface area contributed by atoms with Crippen molar-refractivity contribution in [1.82, 2.24) is 5.32 Å². The molecule has 1 unspecified atom stereocenters. The van der Waals surface area contributed by atoms with E-state index in [0.717, 1.165) is 25.1 Å². The van der Waals surface area contributed by atoms with Crippen molar-refractivity contribution < 1.29 is 9.18 Å². The highest BCUT2D eigenvalue weighted by Gasteiger charge is 2.18. The van der Waals surface area contributed by atoms with E-state index in [2.05, 4.69) is 10.6 Å². The highest BCUT2D eigenvalue weighted by atomic mass is 19.1. The van der Waals surface area contributed by atoms with E-state index >= 15 is 0 Å². The maximum Gasteiger partial charge on any atom is 0.224 e. The molecule has 1 heterocycles. The predicted octanol–water partition coefficient (Wildman–Crippen LogP) is 2.07. The minimum absolute atomic E-state index is 0.0348. The molecule has 0 bridgehead atoms. The number of carbonyl (C=O) groups excluding carboxylic acids is 1. The number of hydrogen-bond donors (Lipinski definition) is 2. The molecule has 92 valence electrons. The fourth-order valence-corrected chi connectivity index (χ4v) is 2.08. The second-order valence-electron chi connectivity index (χ2n) is 4.57. The number of carbonyl (C=O) groups is 1. The van der Waals surface area contributed by atoms with Gasteiger partial charge in [-0.3, -0.25) is 4.79 Å². The van der Waals surface area contributed by atoms with Crippen LogP contribution in [-0.2, 0) is 4.79 Å². The molecule has 0 saturated carbocycles. The van der Waals surface area contributed by atoms with E-state index in [1.807, 2.05) is 6.92 Å². The smallest absolute Gasteiger partial charge is 0.224 e. The van der Waals surface area contributed by atoms with E-state index in [1.54, 1.807) is 6.07 Å². The van der Waals surface area contributed by atoms with E-state index in [0.29, 0.717) is 18.0 Å². The Hall–Kier alpha value is -1.42. The number of benzene rings is 1. The lowest BCUT2D eigenvalue weighted by molar-refractivity contribution is -0.116. The standard InChI is InChI=1S/C13H17FN2O/c1-9-2-3-11(14)7-12(9)16-13(17)6-10-4-5-15-8-10/h2-3,7,10,15H,4-6,8H2,1H3,(H,16,17). The van der Waals surface area contributed by atoms with Gasteiger partial charge >= 0.3 is 0 Å². The molecule has 1 atom stereocenters. The van der Waals surface area contributed by atoms with Crippen LogP contribution in [-0.4, -0.2) is 19.0 Å². The van der Waals surface area contributed by atoms with Gasteiger partial charge in [-0.05, 0) is 50.0 Å². The molecular formula is C13H17FN2O. The topological polar surface area (TPSA) is 41.1 Å². The summed E-state index contributed by atoms with van der Waals surface area (Å²) in [7, 11) is 0. The fraction of sp³-hybridized carbons (Fsp3) is 0.462. The van der Waals surface area contributed by atoms with Crippen LogP contribution in [0.15, 0.2) is 18.2 Å². The average Bonchev–Trinajstić information content (AvgIpc) is 2.76. The van der Waals surface area contributed by atoms with E-state index in [1.165, 1.54) is 12.1 Å². The van der Waals surface area contributed by atoms with Crippen molar-refractivity contribution >= 4 is 11.6 Å². The third kappa shape index (κ3) is 3.27. The van der Waals surface area contributed by atoms with Gasteiger partial charge in [0.15, 0.2) is 0 Å². The molecule has 1 aliphatic rings. The van der Waals surface area contributed by atoms with Crippen molar-refractivity contribution in [1.29, 1.82) is 0 Å². The Morgan fingerprint density at radius 3 is 3.12 bits per heavy atom. The number of hydrogen-bond acceptors (Lipinski definition) is 2. The molecule has 1 aromatic rings. The van der Waals surface area contributed by atoms with Gasteiger partial charge in [0.1, 0.15) is 5.82 Å². The quantitative estimate of drug-likeness (QED) is 0.843. The summed E-state index contributed by atoms with van der Waals surface area (Å²) in [4.78, 5) is 11.8. The maximum atomic E-state index is 13.0. The molecular weight excluding hydrogens is 219 g/mol. The summed E-state index contributed by atoms with van der Waals surface area (Å²) in [6.07, 6.45) is 1.54. The summed E-state index contributed by atoms with van der Waals surface area (Å²) >= 11 is 0. The number of amides is 1. The van der Waals surface area contributed by atoms with Crippen LogP contribution in [0.1, 0.15) is 18.4 Å². The van der Waals surface area contributed by atoms with Crippen LogP contribution in [0.25, 0.3) is 0 Å². The van der Waals surface area contributed by atoms with Crippen LogP contribution < -0.4 is 10.6 Å². The van der Waals surface area contributed by atoms with E-state index in [-0.39, 0.29) is 11.7 Å².